The fourth-order valence-electron chi connectivity index (χ4n) is 1.97. The molecular weight excluding hydrogens is 286 g/mol. The van der Waals surface area contributed by atoms with E-state index in [1.807, 2.05) is 12.1 Å². The van der Waals surface area contributed by atoms with E-state index < -0.39 is 0 Å². The molecule has 0 radical (unpaired) electrons. The number of halogens is 1. The Kier molecular flexibility index (Phi) is 8.66. The van der Waals surface area contributed by atoms with E-state index in [-0.39, 0.29) is 0 Å². The predicted molar refractivity (Wildman–Crippen MR) is 89.1 cm³/mol. The summed E-state index contributed by atoms with van der Waals surface area (Å²) >= 11 is 6.17. The second-order valence-electron chi connectivity index (χ2n) is 5.48. The van der Waals surface area contributed by atoms with Crippen molar-refractivity contribution in [1.29, 1.82) is 0 Å². The lowest BCUT2D eigenvalue weighted by Gasteiger charge is -2.18. The minimum Gasteiger partial charge on any atom is -0.476 e. The van der Waals surface area contributed by atoms with Gasteiger partial charge in [0.2, 0.25) is 5.88 Å². The van der Waals surface area contributed by atoms with Crippen LogP contribution >= 0.6 is 11.6 Å². The van der Waals surface area contributed by atoms with E-state index in [4.69, 9.17) is 16.3 Å². The van der Waals surface area contributed by atoms with E-state index in [0.29, 0.717) is 30.0 Å². The molecule has 0 bridgehead atoms. The van der Waals surface area contributed by atoms with Crippen molar-refractivity contribution in [3.8, 4) is 5.88 Å². The van der Waals surface area contributed by atoms with E-state index in [0.717, 1.165) is 31.9 Å². The molecule has 0 aliphatic rings. The van der Waals surface area contributed by atoms with E-state index >= 15 is 0 Å². The van der Waals surface area contributed by atoms with Crippen LogP contribution in [0.15, 0.2) is 12.1 Å². The molecule has 4 nitrogen and oxygen atoms in total. The number of nitrogens with zero attached hydrogens (tertiary/aromatic N) is 2. The van der Waals surface area contributed by atoms with Crippen LogP contribution in [0.4, 0.5) is 0 Å². The zero-order chi connectivity index (χ0) is 15.7. The third-order valence-electron chi connectivity index (χ3n) is 3.29. The maximum Gasteiger partial charge on any atom is 0.213 e. The summed E-state index contributed by atoms with van der Waals surface area (Å²) in [6.07, 6.45) is 0. The van der Waals surface area contributed by atoms with Gasteiger partial charge in [0.1, 0.15) is 6.61 Å². The Labute approximate surface area is 133 Å². The van der Waals surface area contributed by atoms with E-state index in [2.05, 4.69) is 42.9 Å². The third-order valence-corrected chi connectivity index (χ3v) is 3.63. The van der Waals surface area contributed by atoms with Crippen molar-refractivity contribution in [2.24, 2.45) is 5.92 Å². The number of hydrogen-bond donors (Lipinski definition) is 1. The third kappa shape index (κ3) is 7.11. The van der Waals surface area contributed by atoms with Crippen molar-refractivity contribution in [3.63, 3.8) is 0 Å². The number of hydrogen-bond acceptors (Lipinski definition) is 4. The minimum absolute atomic E-state index is 0.609. The van der Waals surface area contributed by atoms with Crippen molar-refractivity contribution in [2.45, 2.75) is 34.2 Å². The highest BCUT2D eigenvalue weighted by molar-refractivity contribution is 6.31. The van der Waals surface area contributed by atoms with Gasteiger partial charge in [0.05, 0.1) is 10.7 Å². The van der Waals surface area contributed by atoms with Crippen LogP contribution in [0.25, 0.3) is 0 Å². The fraction of sp³-hybridized carbons (Fsp3) is 0.688. The summed E-state index contributed by atoms with van der Waals surface area (Å²) in [6, 6.07) is 3.68. The molecule has 0 amide bonds. The molecule has 0 atom stereocenters. The van der Waals surface area contributed by atoms with Crippen LogP contribution in [0.5, 0.6) is 5.88 Å². The largest absolute Gasteiger partial charge is 0.476 e. The van der Waals surface area contributed by atoms with Gasteiger partial charge in [0, 0.05) is 19.2 Å². The number of aromatic nitrogens is 1. The summed E-state index contributed by atoms with van der Waals surface area (Å²) in [4.78, 5) is 6.80. The van der Waals surface area contributed by atoms with Crippen LogP contribution in [0.1, 0.15) is 33.4 Å². The monoisotopic (exact) mass is 313 g/mol. The van der Waals surface area contributed by atoms with Gasteiger partial charge in [-0.2, -0.15) is 0 Å². The van der Waals surface area contributed by atoms with Crippen LogP contribution < -0.4 is 10.1 Å². The molecule has 5 heteroatoms. The summed E-state index contributed by atoms with van der Waals surface area (Å²) < 4.78 is 5.72. The first-order valence-electron chi connectivity index (χ1n) is 7.78. The molecule has 1 aromatic rings. The van der Waals surface area contributed by atoms with Crippen molar-refractivity contribution >= 4 is 11.6 Å². The van der Waals surface area contributed by atoms with Crippen LogP contribution in [0.3, 0.4) is 0 Å². The van der Waals surface area contributed by atoms with Crippen LogP contribution in [-0.2, 0) is 6.54 Å². The Bertz CT molecular complexity index is 409. The zero-order valence-electron chi connectivity index (χ0n) is 13.7. The van der Waals surface area contributed by atoms with Gasteiger partial charge in [-0.15, -0.1) is 0 Å². The van der Waals surface area contributed by atoms with E-state index in [1.54, 1.807) is 0 Å². The molecule has 0 saturated heterocycles. The predicted octanol–water partition coefficient (Wildman–Crippen LogP) is 3.20. The molecule has 21 heavy (non-hydrogen) atoms. The SMILES string of the molecule is CCN(CC)CCOc1ccc(Cl)c(CNCC(C)C)n1. The highest BCUT2D eigenvalue weighted by atomic mass is 35.5. The molecule has 1 heterocycles. The summed E-state index contributed by atoms with van der Waals surface area (Å²) in [5.41, 5.74) is 0.845. The van der Waals surface area contributed by atoms with Gasteiger partial charge >= 0.3 is 0 Å². The average molecular weight is 314 g/mol. The summed E-state index contributed by atoms with van der Waals surface area (Å²) in [5, 5.41) is 4.03. The lowest BCUT2D eigenvalue weighted by Crippen LogP contribution is -2.28. The van der Waals surface area contributed by atoms with Crippen LogP contribution in [0.2, 0.25) is 5.02 Å². The molecule has 1 rings (SSSR count). The molecule has 120 valence electrons. The maximum atomic E-state index is 6.17. The van der Waals surface area contributed by atoms with Gasteiger partial charge in [-0.25, -0.2) is 4.98 Å². The first-order valence-corrected chi connectivity index (χ1v) is 8.15. The Balaban J connectivity index is 2.48. The standard InChI is InChI=1S/C16H28ClN3O/c1-5-20(6-2)9-10-21-16-8-7-14(17)15(19-16)12-18-11-13(3)4/h7-8,13,18H,5-6,9-12H2,1-4H3. The van der Waals surface area contributed by atoms with Gasteiger partial charge in [-0.1, -0.05) is 39.3 Å². The maximum absolute atomic E-state index is 6.17. The molecule has 0 unspecified atom stereocenters. The average Bonchev–Trinajstić information content (AvgIpc) is 2.46. The van der Waals surface area contributed by atoms with Crippen LogP contribution in [-0.4, -0.2) is 42.7 Å². The first kappa shape index (κ1) is 18.2. The molecule has 1 aromatic heterocycles. The van der Waals surface area contributed by atoms with Gasteiger partial charge in [-0.05, 0) is 31.6 Å². The topological polar surface area (TPSA) is 37.4 Å². The minimum atomic E-state index is 0.609. The second-order valence-corrected chi connectivity index (χ2v) is 5.89. The van der Waals surface area contributed by atoms with Gasteiger partial charge in [0.25, 0.3) is 0 Å². The normalized spacial score (nSPS) is 11.4. The first-order chi connectivity index (χ1) is 10.1. The molecule has 1 N–H and O–H groups in total. The highest BCUT2D eigenvalue weighted by Crippen LogP contribution is 2.18. The molecule has 0 aliphatic carbocycles. The molecule has 0 aromatic carbocycles. The lowest BCUT2D eigenvalue weighted by molar-refractivity contribution is 0.217. The Morgan fingerprint density at radius 1 is 1.29 bits per heavy atom. The summed E-state index contributed by atoms with van der Waals surface area (Å²) in [6.45, 7) is 13.9. The van der Waals surface area contributed by atoms with Crippen molar-refractivity contribution in [3.05, 3.63) is 22.8 Å². The summed E-state index contributed by atoms with van der Waals surface area (Å²) in [5.74, 6) is 1.25. The number of rotatable bonds is 10. The van der Waals surface area contributed by atoms with Gasteiger partial charge in [0.15, 0.2) is 0 Å². The molecule has 0 saturated carbocycles. The smallest absolute Gasteiger partial charge is 0.213 e. The number of likely N-dealkylation sites (N-methyl/N-ethyl adjacent to an activating group) is 1. The van der Waals surface area contributed by atoms with Crippen molar-refractivity contribution in [1.82, 2.24) is 15.2 Å². The Morgan fingerprint density at radius 2 is 2.00 bits per heavy atom. The number of ether oxygens (including phenoxy) is 1. The van der Waals surface area contributed by atoms with Gasteiger partial charge < -0.3 is 15.0 Å². The zero-order valence-corrected chi connectivity index (χ0v) is 14.4. The molecule has 0 aliphatic heterocycles. The quantitative estimate of drug-likeness (QED) is 0.720. The molecule has 0 spiro atoms. The van der Waals surface area contributed by atoms with E-state index in [1.165, 1.54) is 0 Å². The molecule has 0 fully saturated rings. The van der Waals surface area contributed by atoms with Gasteiger partial charge in [-0.3, -0.25) is 0 Å². The number of nitrogens with one attached hydrogen (secondary N) is 1. The molecular formula is C16H28ClN3O. The second kappa shape index (κ2) is 9.98. The summed E-state index contributed by atoms with van der Waals surface area (Å²) in [7, 11) is 0. The lowest BCUT2D eigenvalue weighted by atomic mass is 10.2. The number of pyridine rings is 1. The Morgan fingerprint density at radius 3 is 2.62 bits per heavy atom. The van der Waals surface area contributed by atoms with Crippen LogP contribution in [0, 0.1) is 5.92 Å². The fourth-order valence-corrected chi connectivity index (χ4v) is 2.14. The highest BCUT2D eigenvalue weighted by Gasteiger charge is 2.06. The van der Waals surface area contributed by atoms with E-state index in [9.17, 15) is 0 Å². The van der Waals surface area contributed by atoms with Crippen molar-refractivity contribution < 1.29 is 4.74 Å². The Hall–Kier alpha value is -0.840. The van der Waals surface area contributed by atoms with Crippen molar-refractivity contribution in [2.75, 3.05) is 32.8 Å².